The van der Waals surface area contributed by atoms with Crippen LogP contribution in [-0.2, 0) is 4.79 Å². The minimum Gasteiger partial charge on any atom is -0.351 e. The van der Waals surface area contributed by atoms with E-state index in [1.807, 2.05) is 56.0 Å². The average Bonchev–Trinajstić information content (AvgIpc) is 2.48. The summed E-state index contributed by atoms with van der Waals surface area (Å²) < 4.78 is 0. The van der Waals surface area contributed by atoms with Gasteiger partial charge in [-0.3, -0.25) is 4.79 Å². The molecule has 2 N–H and O–H groups in total. The van der Waals surface area contributed by atoms with Crippen LogP contribution in [0.15, 0.2) is 41.6 Å². The molecule has 5 heteroatoms. The Morgan fingerprint density at radius 1 is 1.24 bits per heavy atom. The summed E-state index contributed by atoms with van der Waals surface area (Å²) >= 11 is 5.24. The molecule has 1 aromatic carbocycles. The van der Waals surface area contributed by atoms with E-state index in [0.717, 1.165) is 16.8 Å². The van der Waals surface area contributed by atoms with Crippen molar-refractivity contribution >= 4 is 23.2 Å². The van der Waals surface area contributed by atoms with Gasteiger partial charge in [0.15, 0.2) is 5.11 Å². The van der Waals surface area contributed by atoms with Gasteiger partial charge in [-0.1, -0.05) is 30.3 Å². The number of amides is 1. The molecule has 0 aromatic heterocycles. The van der Waals surface area contributed by atoms with Crippen LogP contribution >= 0.6 is 12.2 Å². The number of thiocarbonyl (C=S) groups is 1. The summed E-state index contributed by atoms with van der Waals surface area (Å²) in [6.45, 7) is 7.27. The monoisotopic (exact) mass is 303 g/mol. The Morgan fingerprint density at radius 2 is 1.86 bits per heavy atom. The summed E-state index contributed by atoms with van der Waals surface area (Å²) in [4.78, 5) is 14.6. The number of carbonyl (C=O) groups excluding carboxylic acids is 1. The van der Waals surface area contributed by atoms with Crippen LogP contribution in [0.2, 0.25) is 0 Å². The molecule has 0 bridgehead atoms. The molecule has 0 aliphatic carbocycles. The highest BCUT2D eigenvalue weighted by atomic mass is 32.1. The van der Waals surface area contributed by atoms with E-state index < -0.39 is 0 Å². The van der Waals surface area contributed by atoms with Gasteiger partial charge in [0.1, 0.15) is 0 Å². The van der Waals surface area contributed by atoms with Gasteiger partial charge in [0.25, 0.3) is 5.91 Å². The molecular weight excluding hydrogens is 282 g/mol. The Kier molecular flexibility index (Phi) is 4.96. The fourth-order valence-electron chi connectivity index (χ4n) is 2.55. The molecule has 1 heterocycles. The van der Waals surface area contributed by atoms with Crippen LogP contribution in [0.25, 0.3) is 0 Å². The zero-order valence-corrected chi connectivity index (χ0v) is 13.5. The minimum atomic E-state index is -0.201. The largest absolute Gasteiger partial charge is 0.351 e. The Hall–Kier alpha value is -1.88. The van der Waals surface area contributed by atoms with Crippen molar-refractivity contribution in [3.63, 3.8) is 0 Å². The van der Waals surface area contributed by atoms with E-state index in [1.54, 1.807) is 0 Å². The lowest BCUT2D eigenvalue weighted by atomic mass is 9.94. The molecule has 2 rings (SSSR count). The quantitative estimate of drug-likeness (QED) is 0.838. The number of hydrogen-bond donors (Lipinski definition) is 2. The van der Waals surface area contributed by atoms with E-state index in [9.17, 15) is 4.79 Å². The second-order valence-corrected chi connectivity index (χ2v) is 5.37. The lowest BCUT2D eigenvalue weighted by Gasteiger charge is -2.33. The predicted octanol–water partition coefficient (Wildman–Crippen LogP) is 2.35. The maximum atomic E-state index is 12.8. The molecule has 0 saturated carbocycles. The van der Waals surface area contributed by atoms with Gasteiger partial charge in [-0.2, -0.15) is 0 Å². The van der Waals surface area contributed by atoms with E-state index >= 15 is 0 Å². The molecule has 0 radical (unpaired) electrons. The molecule has 0 fully saturated rings. The number of carbonyl (C=O) groups is 1. The smallest absolute Gasteiger partial charge is 0.253 e. The number of benzene rings is 1. The first kappa shape index (κ1) is 15.5. The maximum Gasteiger partial charge on any atom is 0.253 e. The number of rotatable bonds is 4. The first-order valence-corrected chi connectivity index (χ1v) is 7.61. The van der Waals surface area contributed by atoms with Crippen molar-refractivity contribution in [3.8, 4) is 0 Å². The van der Waals surface area contributed by atoms with Crippen LogP contribution in [0.1, 0.15) is 32.4 Å². The lowest BCUT2D eigenvalue weighted by molar-refractivity contribution is -0.127. The molecule has 0 spiro atoms. The van der Waals surface area contributed by atoms with E-state index in [1.165, 1.54) is 0 Å². The zero-order chi connectivity index (χ0) is 15.4. The van der Waals surface area contributed by atoms with Crippen LogP contribution in [0, 0.1) is 0 Å². The normalized spacial score (nSPS) is 18.0. The van der Waals surface area contributed by atoms with Crippen LogP contribution in [0.4, 0.5) is 0 Å². The topological polar surface area (TPSA) is 44.4 Å². The molecule has 112 valence electrons. The Morgan fingerprint density at radius 3 is 2.43 bits per heavy atom. The zero-order valence-electron chi connectivity index (χ0n) is 12.6. The van der Waals surface area contributed by atoms with Crippen molar-refractivity contribution in [1.82, 2.24) is 15.5 Å². The van der Waals surface area contributed by atoms with Crippen molar-refractivity contribution in [2.75, 3.05) is 13.1 Å². The van der Waals surface area contributed by atoms with Crippen molar-refractivity contribution in [3.05, 3.63) is 47.2 Å². The molecule has 0 saturated heterocycles. The minimum absolute atomic E-state index is 0.0499. The Labute approximate surface area is 131 Å². The van der Waals surface area contributed by atoms with Gasteiger partial charge in [-0.25, -0.2) is 0 Å². The third-order valence-electron chi connectivity index (χ3n) is 3.68. The molecule has 1 aliphatic heterocycles. The maximum absolute atomic E-state index is 12.8. The van der Waals surface area contributed by atoms with Crippen LogP contribution in [0.5, 0.6) is 0 Å². The first-order chi connectivity index (χ1) is 10.1. The fraction of sp³-hybridized carbons (Fsp3) is 0.375. The highest BCUT2D eigenvalue weighted by molar-refractivity contribution is 7.80. The summed E-state index contributed by atoms with van der Waals surface area (Å²) in [5, 5.41) is 6.83. The van der Waals surface area contributed by atoms with Crippen molar-refractivity contribution in [1.29, 1.82) is 0 Å². The summed E-state index contributed by atoms with van der Waals surface area (Å²) in [7, 11) is 0. The Bertz CT molecular complexity index is 564. The number of likely N-dealkylation sites (N-methyl/N-ethyl adjacent to an activating group) is 1. The fourth-order valence-corrected chi connectivity index (χ4v) is 2.82. The summed E-state index contributed by atoms with van der Waals surface area (Å²) in [6.07, 6.45) is 0. The molecule has 1 atom stereocenters. The molecule has 0 unspecified atom stereocenters. The van der Waals surface area contributed by atoms with E-state index in [2.05, 4.69) is 10.6 Å². The number of nitrogens with zero attached hydrogens (tertiary/aromatic N) is 1. The third-order valence-corrected chi connectivity index (χ3v) is 3.90. The lowest BCUT2D eigenvalue weighted by Crippen LogP contribution is -2.47. The number of nitrogens with one attached hydrogen (secondary N) is 2. The van der Waals surface area contributed by atoms with Gasteiger partial charge in [-0.05, 0) is 38.6 Å². The molecule has 1 aromatic rings. The van der Waals surface area contributed by atoms with Crippen LogP contribution in [-0.4, -0.2) is 29.0 Å². The van der Waals surface area contributed by atoms with Gasteiger partial charge in [-0.15, -0.1) is 0 Å². The van der Waals surface area contributed by atoms with Crippen molar-refractivity contribution in [2.45, 2.75) is 26.8 Å². The summed E-state index contributed by atoms with van der Waals surface area (Å²) in [5.41, 5.74) is 2.60. The number of allylic oxidation sites excluding steroid dienone is 1. The second-order valence-electron chi connectivity index (χ2n) is 4.96. The van der Waals surface area contributed by atoms with Gasteiger partial charge in [0, 0.05) is 18.8 Å². The van der Waals surface area contributed by atoms with Crippen LogP contribution in [0.3, 0.4) is 0 Å². The standard InChI is InChI=1S/C16H21N3OS/c1-4-19(5-2)15(20)13-11(3)17-16(21)18-14(13)12-9-7-6-8-10-12/h6-10,14H,4-5H2,1-3H3,(H2,17,18,21)/t14-/m0/s1. The van der Waals surface area contributed by atoms with Gasteiger partial charge in [0.05, 0.1) is 11.6 Å². The molecule has 4 nitrogen and oxygen atoms in total. The van der Waals surface area contributed by atoms with E-state index in [-0.39, 0.29) is 11.9 Å². The van der Waals surface area contributed by atoms with Gasteiger partial charge < -0.3 is 15.5 Å². The average molecular weight is 303 g/mol. The Balaban J connectivity index is 2.44. The molecular formula is C16H21N3OS. The highest BCUT2D eigenvalue weighted by Gasteiger charge is 2.31. The van der Waals surface area contributed by atoms with E-state index in [4.69, 9.17) is 12.2 Å². The predicted molar refractivity (Wildman–Crippen MR) is 88.7 cm³/mol. The van der Waals surface area contributed by atoms with Crippen molar-refractivity contribution < 1.29 is 4.79 Å². The number of hydrogen-bond acceptors (Lipinski definition) is 2. The summed E-state index contributed by atoms with van der Waals surface area (Å²) in [6, 6.07) is 9.72. The molecule has 1 aliphatic rings. The van der Waals surface area contributed by atoms with Gasteiger partial charge in [0.2, 0.25) is 0 Å². The second kappa shape index (κ2) is 6.72. The third kappa shape index (κ3) is 3.24. The molecule has 21 heavy (non-hydrogen) atoms. The summed E-state index contributed by atoms with van der Waals surface area (Å²) in [5.74, 6) is 0.0499. The van der Waals surface area contributed by atoms with Crippen molar-refractivity contribution in [2.24, 2.45) is 0 Å². The first-order valence-electron chi connectivity index (χ1n) is 7.21. The SMILES string of the molecule is CCN(CC)C(=O)C1=C(C)NC(=S)N[C@H]1c1ccccc1. The highest BCUT2D eigenvalue weighted by Crippen LogP contribution is 2.27. The van der Waals surface area contributed by atoms with Gasteiger partial charge >= 0.3 is 0 Å². The molecule has 1 amide bonds. The van der Waals surface area contributed by atoms with Crippen LogP contribution < -0.4 is 10.6 Å². The van der Waals surface area contributed by atoms with E-state index in [0.29, 0.717) is 18.2 Å².